The van der Waals surface area contributed by atoms with Gasteiger partial charge in [-0.2, -0.15) is 5.10 Å². The van der Waals surface area contributed by atoms with Gasteiger partial charge in [-0.05, 0) is 25.8 Å². The highest BCUT2D eigenvalue weighted by molar-refractivity contribution is 5.98. The summed E-state index contributed by atoms with van der Waals surface area (Å²) < 4.78 is 6.89. The van der Waals surface area contributed by atoms with E-state index in [-0.39, 0.29) is 18.4 Å². The molecule has 1 N–H and O–H groups in total. The fraction of sp³-hybridized carbons (Fsp3) is 0.526. The van der Waals surface area contributed by atoms with Crippen molar-refractivity contribution in [2.75, 3.05) is 7.11 Å². The van der Waals surface area contributed by atoms with E-state index in [9.17, 15) is 9.59 Å². The topological polar surface area (TPSA) is 102 Å². The molecule has 0 saturated heterocycles. The second kappa shape index (κ2) is 7.57. The summed E-state index contributed by atoms with van der Waals surface area (Å²) in [5, 5.41) is 6.85. The number of fused-ring (bicyclic) bond motifs is 1. The number of carbonyl (C=O) groups excluding carboxylic acids is 2. The highest BCUT2D eigenvalue weighted by atomic mass is 16.5. The molecule has 0 unspecified atom stereocenters. The van der Waals surface area contributed by atoms with Crippen LogP contribution in [0, 0.1) is 0 Å². The Morgan fingerprint density at radius 1 is 1.39 bits per heavy atom. The molecule has 9 nitrogen and oxygen atoms in total. The Labute approximate surface area is 163 Å². The lowest BCUT2D eigenvalue weighted by molar-refractivity contribution is -0.124. The van der Waals surface area contributed by atoms with E-state index in [4.69, 9.17) is 4.74 Å². The highest BCUT2D eigenvalue weighted by Crippen LogP contribution is 2.33. The maximum atomic E-state index is 12.9. The first-order valence-corrected chi connectivity index (χ1v) is 9.58. The Morgan fingerprint density at radius 2 is 2.18 bits per heavy atom. The number of aromatic nitrogens is 4. The summed E-state index contributed by atoms with van der Waals surface area (Å²) in [6, 6.07) is 1.62. The number of hydrogen-bond acceptors (Lipinski definition) is 6. The molecule has 4 rings (SSSR count). The average molecular weight is 384 g/mol. The van der Waals surface area contributed by atoms with Crippen LogP contribution in [0.4, 0.5) is 0 Å². The normalized spacial score (nSPS) is 17.6. The fourth-order valence-corrected chi connectivity index (χ4v) is 3.95. The van der Waals surface area contributed by atoms with E-state index < -0.39 is 6.04 Å². The van der Waals surface area contributed by atoms with Crippen molar-refractivity contribution in [3.05, 3.63) is 35.5 Å². The van der Waals surface area contributed by atoms with Crippen LogP contribution in [0.2, 0.25) is 0 Å². The summed E-state index contributed by atoms with van der Waals surface area (Å²) in [7, 11) is 1.55. The standard InChI is InChI=1S/C19H24N6O3/c1-12(25-11-20-10-22-25)17(26)21-8-13-7-15-16(23-18(13)28-2)9-24(19(15)27)14-5-3-4-6-14/h7,10-12,14H,3-6,8-9H2,1-2H3,(H,21,26)/t12-/m0/s1. The van der Waals surface area contributed by atoms with Crippen molar-refractivity contribution >= 4 is 11.8 Å². The van der Waals surface area contributed by atoms with E-state index in [0.717, 1.165) is 18.5 Å². The second-order valence-corrected chi connectivity index (χ2v) is 7.29. The maximum absolute atomic E-state index is 12.9. The Hall–Kier alpha value is -2.97. The van der Waals surface area contributed by atoms with Gasteiger partial charge in [0.1, 0.15) is 18.7 Å². The van der Waals surface area contributed by atoms with Gasteiger partial charge in [0.05, 0.1) is 24.9 Å². The summed E-state index contributed by atoms with van der Waals surface area (Å²) in [5.41, 5.74) is 2.04. The van der Waals surface area contributed by atoms with Crippen molar-refractivity contribution in [1.29, 1.82) is 0 Å². The van der Waals surface area contributed by atoms with E-state index in [0.29, 0.717) is 29.6 Å². The van der Waals surface area contributed by atoms with E-state index in [2.05, 4.69) is 20.4 Å². The summed E-state index contributed by atoms with van der Waals surface area (Å²) in [5.74, 6) is 0.265. The molecule has 1 atom stereocenters. The van der Waals surface area contributed by atoms with Crippen LogP contribution in [-0.4, -0.2) is 49.6 Å². The minimum Gasteiger partial charge on any atom is -0.481 e. The molecule has 28 heavy (non-hydrogen) atoms. The maximum Gasteiger partial charge on any atom is 0.256 e. The average Bonchev–Trinajstić information content (AvgIpc) is 3.46. The molecule has 2 aromatic heterocycles. The number of nitrogens with one attached hydrogen (secondary N) is 1. The Kier molecular flexibility index (Phi) is 4.97. The Bertz CT molecular complexity index is 876. The highest BCUT2D eigenvalue weighted by Gasteiger charge is 2.36. The van der Waals surface area contributed by atoms with E-state index in [1.807, 2.05) is 4.90 Å². The van der Waals surface area contributed by atoms with Crippen LogP contribution >= 0.6 is 0 Å². The van der Waals surface area contributed by atoms with Gasteiger partial charge in [-0.3, -0.25) is 9.59 Å². The number of carbonyl (C=O) groups is 2. The number of hydrogen-bond donors (Lipinski definition) is 1. The Morgan fingerprint density at radius 3 is 2.86 bits per heavy atom. The molecule has 0 bridgehead atoms. The number of methoxy groups -OCH3 is 1. The third-order valence-electron chi connectivity index (χ3n) is 5.58. The van der Waals surface area contributed by atoms with Crippen LogP contribution < -0.4 is 10.1 Å². The molecule has 2 aliphatic rings. The molecular weight excluding hydrogens is 360 g/mol. The first kappa shape index (κ1) is 18.4. The summed E-state index contributed by atoms with van der Waals surface area (Å²) in [6.07, 6.45) is 7.34. The molecule has 9 heteroatoms. The minimum atomic E-state index is -0.490. The van der Waals surface area contributed by atoms with Crippen LogP contribution in [0.25, 0.3) is 0 Å². The van der Waals surface area contributed by atoms with Crippen LogP contribution in [0.1, 0.15) is 60.3 Å². The minimum absolute atomic E-state index is 0.0283. The van der Waals surface area contributed by atoms with E-state index >= 15 is 0 Å². The molecule has 2 aromatic rings. The molecular formula is C19H24N6O3. The molecule has 1 aliphatic carbocycles. The number of rotatable bonds is 6. The largest absolute Gasteiger partial charge is 0.481 e. The zero-order chi connectivity index (χ0) is 19.7. The molecule has 2 amide bonds. The lowest BCUT2D eigenvalue weighted by atomic mass is 10.1. The van der Waals surface area contributed by atoms with Crippen LogP contribution in [0.15, 0.2) is 18.7 Å². The van der Waals surface area contributed by atoms with Crippen LogP contribution in [0.5, 0.6) is 5.88 Å². The third-order valence-corrected chi connectivity index (χ3v) is 5.58. The van der Waals surface area contributed by atoms with Crippen molar-refractivity contribution in [2.24, 2.45) is 0 Å². The monoisotopic (exact) mass is 384 g/mol. The summed E-state index contributed by atoms with van der Waals surface area (Å²) in [6.45, 7) is 2.49. The zero-order valence-electron chi connectivity index (χ0n) is 16.1. The van der Waals surface area contributed by atoms with Crippen molar-refractivity contribution in [2.45, 2.75) is 57.8 Å². The molecule has 1 fully saturated rings. The Balaban J connectivity index is 1.49. The molecule has 0 radical (unpaired) electrons. The van der Waals surface area contributed by atoms with Gasteiger partial charge in [0.15, 0.2) is 0 Å². The van der Waals surface area contributed by atoms with E-state index in [1.165, 1.54) is 30.2 Å². The van der Waals surface area contributed by atoms with E-state index in [1.54, 1.807) is 20.1 Å². The van der Waals surface area contributed by atoms with Crippen molar-refractivity contribution in [3.63, 3.8) is 0 Å². The molecule has 1 saturated carbocycles. The van der Waals surface area contributed by atoms with Crippen LogP contribution in [0.3, 0.4) is 0 Å². The smallest absolute Gasteiger partial charge is 0.256 e. The number of ether oxygens (including phenoxy) is 1. The second-order valence-electron chi connectivity index (χ2n) is 7.29. The summed E-state index contributed by atoms with van der Waals surface area (Å²) >= 11 is 0. The number of amides is 2. The van der Waals surface area contributed by atoms with Gasteiger partial charge in [-0.15, -0.1) is 0 Å². The van der Waals surface area contributed by atoms with Gasteiger partial charge in [0.25, 0.3) is 5.91 Å². The van der Waals surface area contributed by atoms with Gasteiger partial charge in [-0.25, -0.2) is 14.6 Å². The van der Waals surface area contributed by atoms with Gasteiger partial charge >= 0.3 is 0 Å². The molecule has 0 aromatic carbocycles. The van der Waals surface area contributed by atoms with Gasteiger partial charge in [0.2, 0.25) is 11.8 Å². The van der Waals surface area contributed by atoms with Crippen molar-refractivity contribution in [1.82, 2.24) is 30.0 Å². The fourth-order valence-electron chi connectivity index (χ4n) is 3.95. The molecule has 1 aliphatic heterocycles. The molecule has 3 heterocycles. The van der Waals surface area contributed by atoms with Crippen molar-refractivity contribution < 1.29 is 14.3 Å². The predicted molar refractivity (Wildman–Crippen MR) is 99.5 cm³/mol. The van der Waals surface area contributed by atoms with Gasteiger partial charge in [-0.1, -0.05) is 12.8 Å². The predicted octanol–water partition coefficient (Wildman–Crippen LogP) is 1.46. The first-order valence-electron chi connectivity index (χ1n) is 9.58. The number of nitrogens with zero attached hydrogens (tertiary/aromatic N) is 5. The summed E-state index contributed by atoms with van der Waals surface area (Å²) in [4.78, 5) is 35.6. The third kappa shape index (κ3) is 3.32. The lowest BCUT2D eigenvalue weighted by Crippen LogP contribution is -2.33. The van der Waals surface area contributed by atoms with Crippen LogP contribution in [-0.2, 0) is 17.9 Å². The number of pyridine rings is 1. The zero-order valence-corrected chi connectivity index (χ0v) is 16.1. The SMILES string of the molecule is COc1nc2c(cc1CNC(=O)[C@H](C)n1cncn1)C(=O)N(C1CCCC1)C2. The molecule has 0 spiro atoms. The lowest BCUT2D eigenvalue weighted by Gasteiger charge is -2.22. The van der Waals surface area contributed by atoms with Gasteiger partial charge in [0, 0.05) is 18.2 Å². The first-order chi connectivity index (χ1) is 13.6. The molecule has 148 valence electrons. The van der Waals surface area contributed by atoms with Gasteiger partial charge < -0.3 is 15.0 Å². The van der Waals surface area contributed by atoms with Crippen molar-refractivity contribution in [3.8, 4) is 5.88 Å². The quantitative estimate of drug-likeness (QED) is 0.809.